The molecule has 2 rings (SSSR count). The molecule has 2 aromatic rings. The van der Waals surface area contributed by atoms with Crippen LogP contribution in [-0.2, 0) is 9.53 Å². The van der Waals surface area contributed by atoms with Crippen molar-refractivity contribution in [2.75, 3.05) is 25.1 Å². The van der Waals surface area contributed by atoms with Crippen molar-refractivity contribution in [1.82, 2.24) is 5.43 Å². The van der Waals surface area contributed by atoms with E-state index in [-0.39, 0.29) is 5.91 Å². The number of nitrogens with one attached hydrogen (secondary N) is 1. The van der Waals surface area contributed by atoms with E-state index in [1.54, 1.807) is 6.21 Å². The lowest BCUT2D eigenvalue weighted by atomic mass is 10.1. The highest BCUT2D eigenvalue weighted by molar-refractivity contribution is 5.85. The molecular weight excluding hydrogens is 314 g/mol. The summed E-state index contributed by atoms with van der Waals surface area (Å²) in [5, 5.41) is 4.03. The average Bonchev–Trinajstić information content (AvgIpc) is 2.65. The van der Waals surface area contributed by atoms with Crippen LogP contribution in [0.5, 0.6) is 0 Å². The Morgan fingerprint density at radius 3 is 2.32 bits per heavy atom. The predicted molar refractivity (Wildman–Crippen MR) is 102 cm³/mol. The minimum absolute atomic E-state index is 0.301. The minimum atomic E-state index is -0.677. The number of methoxy groups -OCH3 is 1. The van der Waals surface area contributed by atoms with Gasteiger partial charge in [-0.05, 0) is 37.1 Å². The molecule has 0 bridgehead atoms. The molecule has 0 spiro atoms. The Kier molecular flexibility index (Phi) is 7.16. The molecule has 0 saturated heterocycles. The number of hydrogen-bond acceptors (Lipinski definition) is 4. The fraction of sp³-hybridized carbons (Fsp3) is 0.300. The SMILES string of the molecule is CCN(CC)c1ccc(/C=N\NC(=O)[C@H](OC)c2ccccc2)cc1. The first-order chi connectivity index (χ1) is 12.2. The molecule has 0 saturated carbocycles. The molecule has 0 unspecified atom stereocenters. The summed E-state index contributed by atoms with van der Waals surface area (Å²) in [4.78, 5) is 14.5. The van der Waals surface area contributed by atoms with Gasteiger partial charge < -0.3 is 9.64 Å². The Hall–Kier alpha value is -2.66. The number of rotatable bonds is 8. The molecule has 0 aliphatic carbocycles. The highest BCUT2D eigenvalue weighted by Crippen LogP contribution is 2.16. The smallest absolute Gasteiger partial charge is 0.273 e. The van der Waals surface area contributed by atoms with Crippen molar-refractivity contribution in [2.24, 2.45) is 5.10 Å². The van der Waals surface area contributed by atoms with Crippen LogP contribution in [0, 0.1) is 0 Å². The average molecular weight is 339 g/mol. The zero-order chi connectivity index (χ0) is 18.1. The van der Waals surface area contributed by atoms with Crippen molar-refractivity contribution in [3.63, 3.8) is 0 Å². The maximum atomic E-state index is 12.2. The van der Waals surface area contributed by atoms with Gasteiger partial charge in [0.05, 0.1) is 6.21 Å². The summed E-state index contributed by atoms with van der Waals surface area (Å²) in [6.45, 7) is 6.20. The Labute approximate surface area is 149 Å². The molecule has 0 fully saturated rings. The Morgan fingerprint density at radius 1 is 1.12 bits per heavy atom. The van der Waals surface area contributed by atoms with Crippen LogP contribution < -0.4 is 10.3 Å². The second-order valence-electron chi connectivity index (χ2n) is 5.52. The molecule has 0 radical (unpaired) electrons. The summed E-state index contributed by atoms with van der Waals surface area (Å²) in [5.41, 5.74) is 5.43. The molecule has 5 nitrogen and oxygen atoms in total. The van der Waals surface area contributed by atoms with Crippen LogP contribution in [0.2, 0.25) is 0 Å². The number of nitrogens with zero attached hydrogens (tertiary/aromatic N) is 2. The molecule has 1 N–H and O–H groups in total. The summed E-state index contributed by atoms with van der Waals surface area (Å²) < 4.78 is 5.28. The monoisotopic (exact) mass is 339 g/mol. The van der Waals surface area contributed by atoms with Gasteiger partial charge in [-0.1, -0.05) is 42.5 Å². The molecule has 0 heterocycles. The van der Waals surface area contributed by atoms with Crippen LogP contribution in [0.3, 0.4) is 0 Å². The summed E-state index contributed by atoms with van der Waals surface area (Å²) in [6.07, 6.45) is 0.949. The molecule has 0 aliphatic heterocycles. The van der Waals surface area contributed by atoms with Crippen molar-refractivity contribution in [2.45, 2.75) is 20.0 Å². The van der Waals surface area contributed by atoms with Gasteiger partial charge in [0.15, 0.2) is 6.10 Å². The van der Waals surface area contributed by atoms with Gasteiger partial charge in [0, 0.05) is 25.9 Å². The summed E-state index contributed by atoms with van der Waals surface area (Å²) in [6, 6.07) is 17.4. The summed E-state index contributed by atoms with van der Waals surface area (Å²) in [7, 11) is 1.51. The first-order valence-electron chi connectivity index (χ1n) is 8.45. The number of carbonyl (C=O) groups is 1. The van der Waals surface area contributed by atoms with Crippen molar-refractivity contribution in [1.29, 1.82) is 0 Å². The van der Waals surface area contributed by atoms with Gasteiger partial charge >= 0.3 is 0 Å². The lowest BCUT2D eigenvalue weighted by Crippen LogP contribution is -2.26. The van der Waals surface area contributed by atoms with E-state index in [0.29, 0.717) is 0 Å². The quantitative estimate of drug-likeness (QED) is 0.592. The molecule has 1 amide bonds. The second-order valence-corrected chi connectivity index (χ2v) is 5.52. The van der Waals surface area contributed by atoms with Gasteiger partial charge in [-0.25, -0.2) is 5.43 Å². The highest BCUT2D eigenvalue weighted by atomic mass is 16.5. The molecule has 1 atom stereocenters. The van der Waals surface area contributed by atoms with E-state index in [4.69, 9.17) is 4.74 Å². The normalized spacial score (nSPS) is 12.1. The van der Waals surface area contributed by atoms with Gasteiger partial charge in [-0.2, -0.15) is 5.10 Å². The van der Waals surface area contributed by atoms with Gasteiger partial charge in [-0.15, -0.1) is 0 Å². The standard InChI is InChI=1S/C20H25N3O2/c1-4-23(5-2)18-13-11-16(12-14-18)15-21-22-20(24)19(25-3)17-9-7-6-8-10-17/h6-15,19H,4-5H2,1-3H3,(H,22,24)/b21-15-/t19-/m1/s1. The number of amides is 1. The van der Waals surface area contributed by atoms with Gasteiger partial charge in [0.1, 0.15) is 0 Å². The van der Waals surface area contributed by atoms with Crippen molar-refractivity contribution in [3.8, 4) is 0 Å². The van der Waals surface area contributed by atoms with Crippen molar-refractivity contribution in [3.05, 3.63) is 65.7 Å². The maximum Gasteiger partial charge on any atom is 0.273 e. The minimum Gasteiger partial charge on any atom is -0.372 e. The number of carbonyl (C=O) groups excluding carboxylic acids is 1. The first-order valence-corrected chi connectivity index (χ1v) is 8.45. The molecule has 0 aromatic heterocycles. The Bertz CT molecular complexity index is 680. The molecule has 25 heavy (non-hydrogen) atoms. The third-order valence-corrected chi connectivity index (χ3v) is 3.99. The van der Waals surface area contributed by atoms with Crippen molar-refractivity contribution < 1.29 is 9.53 Å². The Balaban J connectivity index is 1.96. The molecule has 5 heteroatoms. The zero-order valence-corrected chi connectivity index (χ0v) is 15.0. The third kappa shape index (κ3) is 5.16. The van der Waals surface area contributed by atoms with Crippen LogP contribution in [0.4, 0.5) is 5.69 Å². The van der Waals surface area contributed by atoms with Gasteiger partial charge in [0.25, 0.3) is 5.91 Å². The van der Waals surface area contributed by atoms with E-state index in [1.807, 2.05) is 42.5 Å². The molecule has 2 aromatic carbocycles. The fourth-order valence-corrected chi connectivity index (χ4v) is 2.61. The number of benzene rings is 2. The van der Waals surface area contributed by atoms with E-state index in [2.05, 4.69) is 41.4 Å². The van der Waals surface area contributed by atoms with Crippen LogP contribution in [0.15, 0.2) is 59.7 Å². The topological polar surface area (TPSA) is 53.9 Å². The van der Waals surface area contributed by atoms with Crippen LogP contribution in [0.25, 0.3) is 0 Å². The number of hydrogen-bond donors (Lipinski definition) is 1. The number of hydrazone groups is 1. The summed E-state index contributed by atoms with van der Waals surface area (Å²) in [5.74, 6) is -0.301. The maximum absolute atomic E-state index is 12.2. The van der Waals surface area contributed by atoms with E-state index in [9.17, 15) is 4.79 Å². The number of ether oxygens (including phenoxy) is 1. The largest absolute Gasteiger partial charge is 0.372 e. The molecule has 0 aliphatic rings. The zero-order valence-electron chi connectivity index (χ0n) is 15.0. The van der Waals surface area contributed by atoms with Crippen LogP contribution in [-0.4, -0.2) is 32.3 Å². The summed E-state index contributed by atoms with van der Waals surface area (Å²) >= 11 is 0. The van der Waals surface area contributed by atoms with Gasteiger partial charge in [0.2, 0.25) is 0 Å². The lowest BCUT2D eigenvalue weighted by Gasteiger charge is -2.20. The van der Waals surface area contributed by atoms with Crippen LogP contribution in [0.1, 0.15) is 31.1 Å². The van der Waals surface area contributed by atoms with E-state index < -0.39 is 6.10 Å². The Morgan fingerprint density at radius 2 is 1.76 bits per heavy atom. The van der Waals surface area contributed by atoms with E-state index >= 15 is 0 Å². The van der Waals surface area contributed by atoms with E-state index in [0.717, 1.165) is 24.2 Å². The third-order valence-electron chi connectivity index (χ3n) is 3.99. The lowest BCUT2D eigenvalue weighted by molar-refractivity contribution is -0.131. The molecule has 132 valence electrons. The second kappa shape index (κ2) is 9.59. The highest BCUT2D eigenvalue weighted by Gasteiger charge is 2.18. The first kappa shape index (κ1) is 18.7. The van der Waals surface area contributed by atoms with Gasteiger partial charge in [-0.3, -0.25) is 4.79 Å². The predicted octanol–water partition coefficient (Wildman–Crippen LogP) is 3.37. The van der Waals surface area contributed by atoms with E-state index in [1.165, 1.54) is 12.8 Å². The van der Waals surface area contributed by atoms with Crippen LogP contribution >= 0.6 is 0 Å². The molecular formula is C20H25N3O2. The fourth-order valence-electron chi connectivity index (χ4n) is 2.61. The van der Waals surface area contributed by atoms with Crippen molar-refractivity contribution >= 4 is 17.8 Å². The number of anilines is 1.